The second-order valence-corrected chi connectivity index (χ2v) is 7.18. The van der Waals surface area contributed by atoms with Crippen molar-refractivity contribution in [1.29, 1.82) is 0 Å². The van der Waals surface area contributed by atoms with Gasteiger partial charge in [0.1, 0.15) is 5.56 Å². The van der Waals surface area contributed by atoms with E-state index in [2.05, 4.69) is 6.92 Å². The largest absolute Gasteiger partial charge is 0.283 e. The van der Waals surface area contributed by atoms with Crippen LogP contribution >= 0.6 is 0 Å². The van der Waals surface area contributed by atoms with E-state index in [0.29, 0.717) is 5.56 Å². The number of nitro groups is 2. The Labute approximate surface area is 129 Å². The van der Waals surface area contributed by atoms with Crippen LogP contribution in [0, 0.1) is 26.1 Å². The van der Waals surface area contributed by atoms with Gasteiger partial charge in [0.2, 0.25) is 0 Å². The fraction of sp³-hybridized carbons (Fsp3) is 0.625. The van der Waals surface area contributed by atoms with Crippen molar-refractivity contribution in [2.75, 3.05) is 0 Å². The van der Waals surface area contributed by atoms with Gasteiger partial charge in [-0.1, -0.05) is 41.5 Å². The molecule has 1 unspecified atom stereocenters. The van der Waals surface area contributed by atoms with Gasteiger partial charge in [-0.3, -0.25) is 20.2 Å². The monoisotopic (exact) mass is 306 g/mol. The molecule has 0 fully saturated rings. The van der Waals surface area contributed by atoms with E-state index in [0.717, 1.165) is 5.56 Å². The van der Waals surface area contributed by atoms with Crippen LogP contribution in [0.5, 0.6) is 0 Å². The summed E-state index contributed by atoms with van der Waals surface area (Å²) in [7, 11) is 0. The number of nitro benzene ring substituents is 2. The van der Waals surface area contributed by atoms with Crippen LogP contribution in [0.3, 0.4) is 0 Å². The Hall–Kier alpha value is -1.98. The van der Waals surface area contributed by atoms with E-state index in [4.69, 9.17) is 0 Å². The van der Waals surface area contributed by atoms with Crippen molar-refractivity contribution >= 4 is 11.4 Å². The molecular formula is C16H22N2O4. The first kappa shape index (κ1) is 16.4. The van der Waals surface area contributed by atoms with Crippen molar-refractivity contribution in [1.82, 2.24) is 0 Å². The predicted molar refractivity (Wildman–Crippen MR) is 84.3 cm³/mol. The average molecular weight is 306 g/mol. The summed E-state index contributed by atoms with van der Waals surface area (Å²) in [5.74, 6) is 0.139. The average Bonchev–Trinajstić information content (AvgIpc) is 2.55. The van der Waals surface area contributed by atoms with E-state index in [1.54, 1.807) is 13.0 Å². The predicted octanol–water partition coefficient (Wildman–Crippen LogP) is 4.27. The number of fused-ring (bicyclic) bond motifs is 1. The van der Waals surface area contributed by atoms with Crippen molar-refractivity contribution < 1.29 is 9.85 Å². The lowest BCUT2D eigenvalue weighted by atomic mass is 9.71. The van der Waals surface area contributed by atoms with E-state index < -0.39 is 15.3 Å². The summed E-state index contributed by atoms with van der Waals surface area (Å²) in [4.78, 5) is 22.2. The lowest BCUT2D eigenvalue weighted by Crippen LogP contribution is -2.31. The van der Waals surface area contributed by atoms with Crippen LogP contribution in [0.1, 0.15) is 58.2 Å². The van der Waals surface area contributed by atoms with Gasteiger partial charge in [0.25, 0.3) is 11.4 Å². The van der Waals surface area contributed by atoms with Gasteiger partial charge in [-0.15, -0.1) is 0 Å². The minimum Gasteiger partial charge on any atom is -0.258 e. The maximum atomic E-state index is 11.7. The Morgan fingerprint density at radius 2 is 1.64 bits per heavy atom. The fourth-order valence-corrected chi connectivity index (χ4v) is 3.92. The second-order valence-electron chi connectivity index (χ2n) is 7.18. The van der Waals surface area contributed by atoms with Crippen molar-refractivity contribution in [3.8, 4) is 0 Å². The van der Waals surface area contributed by atoms with E-state index in [9.17, 15) is 20.2 Å². The highest BCUT2D eigenvalue weighted by Crippen LogP contribution is 2.58. The van der Waals surface area contributed by atoms with Gasteiger partial charge in [-0.2, -0.15) is 0 Å². The lowest BCUT2D eigenvalue weighted by molar-refractivity contribution is -0.396. The lowest BCUT2D eigenvalue weighted by Gasteiger charge is -2.32. The van der Waals surface area contributed by atoms with Gasteiger partial charge < -0.3 is 0 Å². The molecule has 1 aromatic rings. The summed E-state index contributed by atoms with van der Waals surface area (Å²) in [5, 5.41) is 23.1. The summed E-state index contributed by atoms with van der Waals surface area (Å²) in [6, 6.07) is 1.56. The smallest absolute Gasteiger partial charge is 0.258 e. The van der Waals surface area contributed by atoms with Crippen LogP contribution in [0.2, 0.25) is 0 Å². The molecule has 0 aromatic heterocycles. The molecule has 0 saturated heterocycles. The molecule has 22 heavy (non-hydrogen) atoms. The topological polar surface area (TPSA) is 86.3 Å². The molecule has 1 aliphatic rings. The Morgan fingerprint density at radius 1 is 1.09 bits per heavy atom. The number of hydrogen-bond donors (Lipinski definition) is 0. The third-order valence-electron chi connectivity index (χ3n) is 5.62. The first-order chi connectivity index (χ1) is 9.97. The third kappa shape index (κ3) is 1.93. The zero-order chi connectivity index (χ0) is 17.0. The molecule has 0 bridgehead atoms. The fourth-order valence-electron chi connectivity index (χ4n) is 3.92. The quantitative estimate of drug-likeness (QED) is 0.616. The number of rotatable bonds is 3. The van der Waals surface area contributed by atoms with Crippen LogP contribution in [-0.2, 0) is 17.3 Å². The van der Waals surface area contributed by atoms with Crippen molar-refractivity contribution in [3.63, 3.8) is 0 Å². The summed E-state index contributed by atoms with van der Waals surface area (Å²) < 4.78 is 0. The molecule has 120 valence electrons. The molecule has 1 aromatic carbocycles. The molecule has 0 spiro atoms. The maximum Gasteiger partial charge on any atom is 0.283 e. The van der Waals surface area contributed by atoms with Gasteiger partial charge >= 0.3 is 0 Å². The van der Waals surface area contributed by atoms with Gasteiger partial charge in [-0.25, -0.2) is 0 Å². The minimum atomic E-state index is -0.502. The summed E-state index contributed by atoms with van der Waals surface area (Å²) >= 11 is 0. The second kappa shape index (κ2) is 4.76. The molecule has 0 radical (unpaired) electrons. The molecule has 6 nitrogen and oxygen atoms in total. The van der Waals surface area contributed by atoms with Crippen LogP contribution in [-0.4, -0.2) is 9.85 Å². The van der Waals surface area contributed by atoms with Gasteiger partial charge in [0.05, 0.1) is 9.85 Å². The number of nitrogens with zero attached hydrogens (tertiary/aromatic N) is 2. The molecule has 2 rings (SSSR count). The molecular weight excluding hydrogens is 284 g/mol. The zero-order valence-electron chi connectivity index (χ0n) is 13.9. The van der Waals surface area contributed by atoms with E-state index >= 15 is 0 Å². The van der Waals surface area contributed by atoms with E-state index in [-0.39, 0.29) is 34.7 Å². The van der Waals surface area contributed by atoms with Crippen LogP contribution < -0.4 is 0 Å². The Balaban J connectivity index is 3.02. The molecule has 0 N–H and O–H groups in total. The van der Waals surface area contributed by atoms with Crippen molar-refractivity contribution in [2.45, 2.75) is 58.8 Å². The molecule has 0 heterocycles. The highest BCUT2D eigenvalue weighted by atomic mass is 16.6. The SMILES string of the molecule is CCc1c([N+](=O)[O-])cc2c(c1[N+](=O)[O-])C(C)(C)C(C)C2(C)C. The van der Waals surface area contributed by atoms with Crippen molar-refractivity contribution in [3.05, 3.63) is 43.0 Å². The molecule has 1 atom stereocenters. The summed E-state index contributed by atoms with van der Waals surface area (Å²) in [5.41, 5.74) is 0.686. The molecule has 0 saturated carbocycles. The zero-order valence-corrected chi connectivity index (χ0v) is 13.9. The highest BCUT2D eigenvalue weighted by molar-refractivity contribution is 5.67. The van der Waals surface area contributed by atoms with Gasteiger partial charge in [0, 0.05) is 17.0 Å². The molecule has 0 amide bonds. The standard InChI is InChI=1S/C16H22N2O4/c1-7-10-12(17(19)20)8-11-13(14(10)18(21)22)16(5,6)9(2)15(11,3)4/h8-9H,7H2,1-6H3. The van der Waals surface area contributed by atoms with Crippen LogP contribution in [0.4, 0.5) is 11.4 Å². The summed E-state index contributed by atoms with van der Waals surface area (Å²) in [6.07, 6.45) is 0.269. The van der Waals surface area contributed by atoms with Crippen molar-refractivity contribution in [2.24, 2.45) is 5.92 Å². The Kier molecular flexibility index (Phi) is 3.55. The Morgan fingerprint density at radius 3 is 2.05 bits per heavy atom. The number of hydrogen-bond acceptors (Lipinski definition) is 4. The molecule has 6 heteroatoms. The third-order valence-corrected chi connectivity index (χ3v) is 5.62. The number of benzene rings is 1. The van der Waals surface area contributed by atoms with E-state index in [1.807, 2.05) is 27.7 Å². The highest BCUT2D eigenvalue weighted by Gasteiger charge is 2.53. The summed E-state index contributed by atoms with van der Waals surface area (Å²) in [6.45, 7) is 11.8. The normalized spacial score (nSPS) is 21.5. The first-order valence-corrected chi connectivity index (χ1v) is 7.47. The Bertz CT molecular complexity index is 677. The molecule has 0 aliphatic heterocycles. The van der Waals surface area contributed by atoms with Crippen LogP contribution in [0.15, 0.2) is 6.07 Å². The maximum absolute atomic E-state index is 11.7. The molecule has 1 aliphatic carbocycles. The minimum absolute atomic E-state index is 0.0610. The van der Waals surface area contributed by atoms with Gasteiger partial charge in [-0.05, 0) is 23.3 Å². The first-order valence-electron chi connectivity index (χ1n) is 7.47. The van der Waals surface area contributed by atoms with Crippen LogP contribution in [0.25, 0.3) is 0 Å². The van der Waals surface area contributed by atoms with Gasteiger partial charge in [0.15, 0.2) is 0 Å². The van der Waals surface area contributed by atoms with E-state index in [1.165, 1.54) is 0 Å².